The molecule has 1 aliphatic rings. The number of hydrogen-bond donors (Lipinski definition) is 22. The Labute approximate surface area is 711 Å². The quantitative estimate of drug-likeness (QED) is 0.0138. The molecular formula is C81H114N18O18S3. The maximum Gasteiger partial charge on any atom is 0.327 e. The van der Waals surface area contributed by atoms with Gasteiger partial charge in [0.25, 0.3) is 0 Å². The number of H-pyrrole nitrogens is 1. The molecular weight excluding hydrogens is 1610 g/mol. The number of aliphatic hydroxyl groups excluding tert-OH is 2. The lowest BCUT2D eigenvalue weighted by atomic mass is 10.00. The number of aliphatic carboxylic acids is 1. The van der Waals surface area contributed by atoms with Crippen molar-refractivity contribution in [1.82, 2.24) is 73.7 Å². The fourth-order valence-corrected chi connectivity index (χ4v) is 14.3. The maximum absolute atomic E-state index is 15.4. The molecule has 1 aromatic heterocycles. The highest BCUT2D eigenvalue weighted by atomic mass is 32.2. The number of hydrogen-bond acceptors (Lipinski definition) is 23. The van der Waals surface area contributed by atoms with E-state index in [1.54, 1.807) is 128 Å². The Hall–Kier alpha value is -10.7. The number of primary amides is 1. The zero-order valence-electron chi connectivity index (χ0n) is 67.5. The average molecular weight is 1720 g/mol. The number of carboxylic acid groups (broad SMARTS) is 1. The lowest BCUT2D eigenvalue weighted by Crippen LogP contribution is -2.63. The number of carboxylic acids is 1. The van der Waals surface area contributed by atoms with Gasteiger partial charge in [0.1, 0.15) is 78.5 Å². The van der Waals surface area contributed by atoms with E-state index in [2.05, 4.69) is 94.0 Å². The van der Waals surface area contributed by atoms with Gasteiger partial charge in [0.05, 0.1) is 24.7 Å². The number of carbonyl (C=O) groups excluding carboxylic acids is 14. The number of thiol groups is 2. The van der Waals surface area contributed by atoms with E-state index >= 15 is 14.4 Å². The molecule has 0 unspecified atom stereocenters. The summed E-state index contributed by atoms with van der Waals surface area (Å²) in [5.41, 5.74) is 25.9. The van der Waals surface area contributed by atoms with Crippen LogP contribution < -0.4 is 86.7 Å². The summed E-state index contributed by atoms with van der Waals surface area (Å²) in [6.07, 6.45) is -0.210. The first-order chi connectivity index (χ1) is 57.3. The smallest absolute Gasteiger partial charge is 0.327 e. The number of aliphatic hydroxyl groups is 2. The van der Waals surface area contributed by atoms with Gasteiger partial charge in [-0.1, -0.05) is 109 Å². The topological polar surface area (TPSA) is 584 Å². The monoisotopic (exact) mass is 1720 g/mol. The van der Waals surface area contributed by atoms with Crippen LogP contribution in [0, 0.1) is 0 Å². The Kier molecular flexibility index (Phi) is 41.2. The Morgan fingerprint density at radius 1 is 0.467 bits per heavy atom. The van der Waals surface area contributed by atoms with Crippen molar-refractivity contribution in [3.63, 3.8) is 0 Å². The van der Waals surface area contributed by atoms with Gasteiger partial charge in [0.2, 0.25) is 82.7 Å². The summed E-state index contributed by atoms with van der Waals surface area (Å²) in [7, 11) is 0. The molecule has 24 N–H and O–H groups in total. The van der Waals surface area contributed by atoms with Crippen molar-refractivity contribution < 1.29 is 87.2 Å². The highest BCUT2D eigenvalue weighted by Crippen LogP contribution is 2.22. The van der Waals surface area contributed by atoms with E-state index in [4.69, 9.17) is 22.9 Å². The molecule has 654 valence electrons. The first-order valence-electron chi connectivity index (χ1n) is 39.7. The maximum atomic E-state index is 15.4. The van der Waals surface area contributed by atoms with Crippen molar-refractivity contribution in [3.8, 4) is 0 Å². The highest BCUT2D eigenvalue weighted by molar-refractivity contribution is 7.98. The third-order valence-corrected chi connectivity index (χ3v) is 21.3. The number of fused-ring (bicyclic) bond motifs is 1. The number of unbranched alkanes of at least 4 members (excludes halogenated alkanes) is 2. The number of carbonyl (C=O) groups is 15. The van der Waals surface area contributed by atoms with Crippen molar-refractivity contribution in [2.45, 2.75) is 207 Å². The van der Waals surface area contributed by atoms with Crippen LogP contribution in [0.2, 0.25) is 0 Å². The number of amides is 14. The Morgan fingerprint density at radius 3 is 1.26 bits per heavy atom. The molecule has 0 bridgehead atoms. The van der Waals surface area contributed by atoms with Crippen LogP contribution in [0.3, 0.4) is 0 Å². The fourth-order valence-electron chi connectivity index (χ4n) is 13.3. The van der Waals surface area contributed by atoms with Crippen LogP contribution in [0.25, 0.3) is 10.9 Å². The molecule has 1 fully saturated rings. The highest BCUT2D eigenvalue weighted by Gasteiger charge is 2.41. The van der Waals surface area contributed by atoms with Crippen LogP contribution in [0.5, 0.6) is 0 Å². The lowest BCUT2D eigenvalue weighted by molar-refractivity contribution is -0.141. The number of aromatic amines is 1. The molecule has 16 atom stereocenters. The van der Waals surface area contributed by atoms with Gasteiger partial charge < -0.3 is 112 Å². The number of nitrogens with two attached hydrogens (primary N) is 4. The van der Waals surface area contributed by atoms with Gasteiger partial charge in [-0.25, -0.2) is 4.79 Å². The van der Waals surface area contributed by atoms with E-state index in [0.717, 1.165) is 0 Å². The average Bonchev–Trinajstić information content (AvgIpc) is 1.70. The van der Waals surface area contributed by atoms with Crippen molar-refractivity contribution in [3.05, 3.63) is 144 Å². The number of likely N-dealkylation sites (tertiary alicyclic amines) is 1. The van der Waals surface area contributed by atoms with Gasteiger partial charge >= 0.3 is 5.97 Å². The molecule has 4 aromatic carbocycles. The largest absolute Gasteiger partial charge is 0.480 e. The number of rotatable bonds is 51. The molecule has 39 heteroatoms. The second-order valence-corrected chi connectivity index (χ2v) is 31.1. The normalized spacial score (nSPS) is 16.3. The molecule has 0 radical (unpaired) electrons. The molecule has 0 spiro atoms. The second-order valence-electron chi connectivity index (χ2n) is 29.4. The summed E-state index contributed by atoms with van der Waals surface area (Å²) in [5.74, 6) is -14.8. The lowest BCUT2D eigenvalue weighted by Gasteiger charge is -2.29. The number of thioether (sulfide) groups is 1. The molecule has 36 nitrogen and oxygen atoms in total. The van der Waals surface area contributed by atoms with E-state index < -0.39 is 192 Å². The molecule has 14 amide bonds. The standard InChI is InChI=1S/C81H114N18O18S3/c1-45(84)80(115)99-35-20-31-64(99)77(112)95-62(43-118)76(111)88-54(29-16-18-33-82)68(103)93-61(41-65(85)102)74(109)91-57(37-48-21-8-5-9-22-48)71(106)90-58(38-49-23-10-6-11-24-49)72(107)92-60(40-51-42-86-53-28-15-14-27-52(51)53)73(108)87-55(30-17-19-34-83)70(105)97-67(47(3)101)79(114)94-59(39-50-25-12-7-13-26-50)75(110)98-66(46(2)100)78(113)89-56(32-36-120-4)69(104)96-63(44-119)81(116)117/h5-15,21-28,42,45-47,54-64,66-67,86,100-101,118-119H,16-20,29-41,43-44,82-84H2,1-4H3,(H2,85,102)(H,87,108)(H,88,111)(H,89,113)(H,90,106)(H,91,109)(H,92,107)(H,93,103)(H,94,114)(H,95,112)(H,96,104)(H,97,105)(H,98,110)(H,116,117)/t45-,46+,47+,54-,55-,56-,57-,58-,59-,60-,61-,62-,63-,64-,66-,67-/m0/s1. The predicted molar refractivity (Wildman–Crippen MR) is 455 cm³/mol. The Bertz CT molecular complexity index is 4270. The van der Waals surface area contributed by atoms with Crippen molar-refractivity contribution in [2.24, 2.45) is 22.9 Å². The van der Waals surface area contributed by atoms with Crippen LogP contribution in [-0.4, -0.2) is 254 Å². The van der Waals surface area contributed by atoms with Crippen LogP contribution >= 0.6 is 37.0 Å². The van der Waals surface area contributed by atoms with E-state index in [1.165, 1.54) is 37.4 Å². The van der Waals surface area contributed by atoms with Gasteiger partial charge in [-0.15, -0.1) is 0 Å². The predicted octanol–water partition coefficient (Wildman–Crippen LogP) is -2.81. The zero-order chi connectivity index (χ0) is 88.1. The summed E-state index contributed by atoms with van der Waals surface area (Å²) in [6, 6.07) is 11.1. The molecule has 0 saturated carbocycles. The minimum Gasteiger partial charge on any atom is -0.480 e. The fraction of sp³-hybridized carbons (Fsp3) is 0.494. The number of nitrogens with one attached hydrogen (secondary N) is 13. The molecule has 0 aliphatic carbocycles. The van der Waals surface area contributed by atoms with Crippen LogP contribution in [-0.2, 0) is 97.6 Å². The first-order valence-corrected chi connectivity index (χ1v) is 42.3. The minimum atomic E-state index is -1.89. The van der Waals surface area contributed by atoms with Crippen molar-refractivity contribution >= 4 is 137 Å². The number of para-hydroxylation sites is 1. The minimum absolute atomic E-state index is 0.00363. The third kappa shape index (κ3) is 31.2. The molecule has 120 heavy (non-hydrogen) atoms. The Balaban J connectivity index is 1.29. The number of nitrogens with zero attached hydrogens (tertiary/aromatic N) is 1. The SMILES string of the molecule is CSCC[C@H](NC(=O)[C@@H](NC(=O)[C@H](Cc1ccccc1)NC(=O)[C@@H](NC(=O)[C@H](CCCCN)NC(=O)[C@H](Cc1c[nH]c2ccccc12)NC(=O)[C@H](Cc1ccccc1)NC(=O)[C@H](Cc1ccccc1)NC(=O)[C@H](CC(N)=O)NC(=O)[C@H](CCCCN)NC(=O)[C@H](CS)NC(=O)[C@@H]1CCCN1C(=O)[C@H](C)N)[C@@H](C)O)[C@@H](C)O)C(=O)N[C@@H](CS)C(=O)O. The van der Waals surface area contributed by atoms with Gasteiger partial charge in [-0.3, -0.25) is 67.1 Å². The van der Waals surface area contributed by atoms with Crippen LogP contribution in [0.15, 0.2) is 121 Å². The van der Waals surface area contributed by atoms with E-state index in [-0.39, 0.29) is 88.9 Å². The van der Waals surface area contributed by atoms with Gasteiger partial charge in [0, 0.05) is 60.8 Å². The molecule has 2 heterocycles. The van der Waals surface area contributed by atoms with E-state index in [1.807, 2.05) is 0 Å². The van der Waals surface area contributed by atoms with Gasteiger partial charge in [0.15, 0.2) is 0 Å². The third-order valence-electron chi connectivity index (χ3n) is 19.9. The second kappa shape index (κ2) is 50.4. The van der Waals surface area contributed by atoms with E-state index in [0.29, 0.717) is 64.6 Å². The summed E-state index contributed by atoms with van der Waals surface area (Å²) in [4.78, 5) is 217. The zero-order valence-corrected chi connectivity index (χ0v) is 70.1. The summed E-state index contributed by atoms with van der Waals surface area (Å²) in [5, 5.41) is 63.6. The molecule has 1 aliphatic heterocycles. The Morgan fingerprint density at radius 2 is 0.833 bits per heavy atom. The number of benzene rings is 4. The first kappa shape index (κ1) is 98.1. The number of aromatic nitrogens is 1. The van der Waals surface area contributed by atoms with Crippen LogP contribution in [0.4, 0.5) is 0 Å². The molecule has 5 aromatic rings. The van der Waals surface area contributed by atoms with Crippen molar-refractivity contribution in [2.75, 3.05) is 43.1 Å². The summed E-state index contributed by atoms with van der Waals surface area (Å²) >= 11 is 9.62. The van der Waals surface area contributed by atoms with Gasteiger partial charge in [-0.05, 0) is 132 Å². The molecule has 6 rings (SSSR count). The van der Waals surface area contributed by atoms with Crippen LogP contribution in [0.1, 0.15) is 107 Å². The van der Waals surface area contributed by atoms with E-state index in [9.17, 15) is 72.9 Å². The summed E-state index contributed by atoms with van der Waals surface area (Å²) < 4.78 is 0. The molecule has 1 saturated heterocycles. The summed E-state index contributed by atoms with van der Waals surface area (Å²) in [6.45, 7) is 4.42. The van der Waals surface area contributed by atoms with Crippen molar-refractivity contribution in [1.29, 1.82) is 0 Å². The van der Waals surface area contributed by atoms with Gasteiger partial charge in [-0.2, -0.15) is 37.0 Å².